The fourth-order valence-corrected chi connectivity index (χ4v) is 2.79. The van der Waals surface area contributed by atoms with Gasteiger partial charge in [-0.2, -0.15) is 0 Å². The Morgan fingerprint density at radius 3 is 2.39 bits per heavy atom. The SMILES string of the molecule is CC1CC(NCC(=O)N2CCC(C(=O)O)CC2)C1. The predicted molar refractivity (Wildman–Crippen MR) is 67.1 cm³/mol. The zero-order chi connectivity index (χ0) is 13.1. The number of carbonyl (C=O) groups excluding carboxylic acids is 1. The average molecular weight is 254 g/mol. The third-order valence-electron chi connectivity index (χ3n) is 4.11. The van der Waals surface area contributed by atoms with Gasteiger partial charge in [-0.15, -0.1) is 0 Å². The summed E-state index contributed by atoms with van der Waals surface area (Å²) < 4.78 is 0. The van der Waals surface area contributed by atoms with E-state index in [9.17, 15) is 9.59 Å². The van der Waals surface area contributed by atoms with Gasteiger partial charge < -0.3 is 15.3 Å². The van der Waals surface area contributed by atoms with Crippen LogP contribution in [0, 0.1) is 11.8 Å². The van der Waals surface area contributed by atoms with E-state index in [1.807, 2.05) is 0 Å². The van der Waals surface area contributed by atoms with E-state index in [1.165, 1.54) is 0 Å². The van der Waals surface area contributed by atoms with E-state index in [-0.39, 0.29) is 11.8 Å². The molecule has 5 nitrogen and oxygen atoms in total. The van der Waals surface area contributed by atoms with Gasteiger partial charge in [-0.3, -0.25) is 9.59 Å². The Morgan fingerprint density at radius 1 is 1.28 bits per heavy atom. The molecule has 1 heterocycles. The molecule has 18 heavy (non-hydrogen) atoms. The lowest BCUT2D eigenvalue weighted by atomic mass is 9.82. The summed E-state index contributed by atoms with van der Waals surface area (Å²) in [6.07, 6.45) is 3.49. The summed E-state index contributed by atoms with van der Waals surface area (Å²) in [5.41, 5.74) is 0. The Morgan fingerprint density at radius 2 is 1.89 bits per heavy atom. The third-order valence-corrected chi connectivity index (χ3v) is 4.11. The van der Waals surface area contributed by atoms with Crippen LogP contribution in [-0.4, -0.2) is 47.6 Å². The lowest BCUT2D eigenvalue weighted by Crippen LogP contribution is -2.48. The summed E-state index contributed by atoms with van der Waals surface area (Å²) in [4.78, 5) is 24.5. The van der Waals surface area contributed by atoms with Crippen molar-refractivity contribution in [1.82, 2.24) is 10.2 Å². The molecule has 1 saturated carbocycles. The Hall–Kier alpha value is -1.10. The minimum absolute atomic E-state index is 0.110. The molecule has 1 saturated heterocycles. The Bertz CT molecular complexity index is 318. The molecule has 1 amide bonds. The van der Waals surface area contributed by atoms with Crippen LogP contribution in [0.1, 0.15) is 32.6 Å². The van der Waals surface area contributed by atoms with Gasteiger partial charge in [-0.25, -0.2) is 0 Å². The Labute approximate surface area is 108 Å². The number of nitrogens with one attached hydrogen (secondary N) is 1. The van der Waals surface area contributed by atoms with Crippen molar-refractivity contribution in [3.8, 4) is 0 Å². The molecule has 2 N–H and O–H groups in total. The second-order valence-electron chi connectivity index (χ2n) is 5.65. The van der Waals surface area contributed by atoms with Gasteiger partial charge in [0.2, 0.25) is 5.91 Å². The summed E-state index contributed by atoms with van der Waals surface area (Å²) in [5, 5.41) is 12.2. The lowest BCUT2D eigenvalue weighted by Gasteiger charge is -2.35. The van der Waals surface area contributed by atoms with Crippen LogP contribution in [0.3, 0.4) is 0 Å². The Kier molecular flexibility index (Phi) is 4.22. The minimum Gasteiger partial charge on any atom is -0.481 e. The first-order valence-electron chi connectivity index (χ1n) is 6.80. The number of amides is 1. The number of carboxylic acid groups (broad SMARTS) is 1. The zero-order valence-electron chi connectivity index (χ0n) is 10.9. The maximum absolute atomic E-state index is 11.9. The van der Waals surface area contributed by atoms with Crippen molar-refractivity contribution in [3.63, 3.8) is 0 Å². The number of nitrogens with zero attached hydrogens (tertiary/aromatic N) is 1. The lowest BCUT2D eigenvalue weighted by molar-refractivity contribution is -0.145. The van der Waals surface area contributed by atoms with Crippen molar-refractivity contribution in [2.75, 3.05) is 19.6 Å². The van der Waals surface area contributed by atoms with Crippen LogP contribution in [0.15, 0.2) is 0 Å². The Balaban J connectivity index is 1.66. The number of hydrogen-bond acceptors (Lipinski definition) is 3. The van der Waals surface area contributed by atoms with Crippen LogP contribution in [0.25, 0.3) is 0 Å². The van der Waals surface area contributed by atoms with Crippen LogP contribution in [0.5, 0.6) is 0 Å². The van der Waals surface area contributed by atoms with Crippen molar-refractivity contribution in [2.45, 2.75) is 38.6 Å². The van der Waals surface area contributed by atoms with Gasteiger partial charge in [-0.1, -0.05) is 6.92 Å². The maximum Gasteiger partial charge on any atom is 0.306 e. The highest BCUT2D eigenvalue weighted by Gasteiger charge is 2.28. The summed E-state index contributed by atoms with van der Waals surface area (Å²) >= 11 is 0. The van der Waals surface area contributed by atoms with E-state index in [1.54, 1.807) is 4.90 Å². The van der Waals surface area contributed by atoms with Crippen molar-refractivity contribution >= 4 is 11.9 Å². The van der Waals surface area contributed by atoms with Crippen molar-refractivity contribution in [1.29, 1.82) is 0 Å². The number of likely N-dealkylation sites (tertiary alicyclic amines) is 1. The fourth-order valence-electron chi connectivity index (χ4n) is 2.79. The first-order valence-corrected chi connectivity index (χ1v) is 6.80. The quantitative estimate of drug-likeness (QED) is 0.774. The summed E-state index contributed by atoms with van der Waals surface area (Å²) in [5.74, 6) is -0.111. The van der Waals surface area contributed by atoms with Crippen LogP contribution in [0.2, 0.25) is 0 Å². The second kappa shape index (κ2) is 5.69. The highest BCUT2D eigenvalue weighted by Crippen LogP contribution is 2.26. The van der Waals surface area contributed by atoms with Gasteiger partial charge in [0.15, 0.2) is 0 Å². The van der Waals surface area contributed by atoms with E-state index in [4.69, 9.17) is 5.11 Å². The van der Waals surface area contributed by atoms with Gasteiger partial charge in [0, 0.05) is 19.1 Å². The summed E-state index contributed by atoms with van der Waals surface area (Å²) in [6, 6.07) is 0.500. The van der Waals surface area contributed by atoms with Crippen molar-refractivity contribution in [2.24, 2.45) is 11.8 Å². The molecular formula is C13H22N2O3. The molecule has 0 aromatic rings. The van der Waals surface area contributed by atoms with E-state index in [2.05, 4.69) is 12.2 Å². The fraction of sp³-hybridized carbons (Fsp3) is 0.846. The van der Waals surface area contributed by atoms with Gasteiger partial charge >= 0.3 is 5.97 Å². The van der Waals surface area contributed by atoms with Crippen LogP contribution < -0.4 is 5.32 Å². The van der Waals surface area contributed by atoms with Gasteiger partial charge in [-0.05, 0) is 31.6 Å². The number of carboxylic acids is 1. The molecule has 5 heteroatoms. The van der Waals surface area contributed by atoms with Gasteiger partial charge in [0.25, 0.3) is 0 Å². The molecule has 0 unspecified atom stereocenters. The molecule has 2 aliphatic rings. The second-order valence-corrected chi connectivity index (χ2v) is 5.65. The highest BCUT2D eigenvalue weighted by molar-refractivity contribution is 5.79. The number of rotatable bonds is 4. The highest BCUT2D eigenvalue weighted by atomic mass is 16.4. The van der Waals surface area contributed by atoms with E-state index < -0.39 is 5.97 Å². The largest absolute Gasteiger partial charge is 0.481 e. The molecule has 0 spiro atoms. The van der Waals surface area contributed by atoms with Crippen molar-refractivity contribution in [3.05, 3.63) is 0 Å². The molecule has 0 radical (unpaired) electrons. The number of carbonyl (C=O) groups is 2. The molecule has 0 bridgehead atoms. The molecule has 0 atom stereocenters. The molecule has 0 aromatic carbocycles. The van der Waals surface area contributed by atoms with Gasteiger partial charge in [0.1, 0.15) is 0 Å². The molecule has 1 aliphatic carbocycles. The van der Waals surface area contributed by atoms with E-state index in [0.29, 0.717) is 38.5 Å². The smallest absolute Gasteiger partial charge is 0.306 e. The number of aliphatic carboxylic acids is 1. The average Bonchev–Trinajstić information content (AvgIpc) is 2.33. The first kappa shape index (κ1) is 13.3. The topological polar surface area (TPSA) is 69.6 Å². The molecule has 102 valence electrons. The van der Waals surface area contributed by atoms with E-state index >= 15 is 0 Å². The predicted octanol–water partition coefficient (Wildman–Crippen LogP) is 0.698. The standard InChI is InChI=1S/C13H22N2O3/c1-9-6-11(7-9)14-8-12(16)15-4-2-10(3-5-15)13(17)18/h9-11,14H,2-8H2,1H3,(H,17,18). The minimum atomic E-state index is -0.733. The number of piperidine rings is 1. The monoisotopic (exact) mass is 254 g/mol. The van der Waals surface area contributed by atoms with Crippen LogP contribution >= 0.6 is 0 Å². The van der Waals surface area contributed by atoms with Crippen LogP contribution in [0.4, 0.5) is 0 Å². The summed E-state index contributed by atoms with van der Waals surface area (Å²) in [6.45, 7) is 3.78. The summed E-state index contributed by atoms with van der Waals surface area (Å²) in [7, 11) is 0. The number of hydrogen-bond donors (Lipinski definition) is 2. The normalized spacial score (nSPS) is 28.8. The molecule has 2 fully saturated rings. The molecule has 0 aromatic heterocycles. The van der Waals surface area contributed by atoms with E-state index in [0.717, 1.165) is 18.8 Å². The van der Waals surface area contributed by atoms with Gasteiger partial charge in [0.05, 0.1) is 12.5 Å². The molecule has 2 rings (SSSR count). The van der Waals surface area contributed by atoms with Crippen LogP contribution in [-0.2, 0) is 9.59 Å². The maximum atomic E-state index is 11.9. The zero-order valence-corrected chi connectivity index (χ0v) is 10.9. The first-order chi connectivity index (χ1) is 8.56. The van der Waals surface area contributed by atoms with Crippen molar-refractivity contribution < 1.29 is 14.7 Å². The molecular weight excluding hydrogens is 232 g/mol. The molecule has 1 aliphatic heterocycles. The third kappa shape index (κ3) is 3.22.